The van der Waals surface area contributed by atoms with Crippen molar-refractivity contribution < 1.29 is 4.79 Å². The maximum atomic E-state index is 12.0. The highest BCUT2D eigenvalue weighted by atomic mass is 79.9. The first-order chi connectivity index (χ1) is 10.5. The van der Waals surface area contributed by atoms with E-state index in [9.17, 15) is 4.79 Å². The van der Waals surface area contributed by atoms with Gasteiger partial charge in [-0.15, -0.1) is 0 Å². The van der Waals surface area contributed by atoms with Gasteiger partial charge in [-0.1, -0.05) is 29.8 Å². The number of hydrogen-bond acceptors (Lipinski definition) is 4. The Labute approximate surface area is 138 Å². The normalized spacial score (nSPS) is 10.6. The predicted octanol–water partition coefficient (Wildman–Crippen LogP) is 3.68. The van der Waals surface area contributed by atoms with Crippen molar-refractivity contribution in [3.63, 3.8) is 0 Å². The summed E-state index contributed by atoms with van der Waals surface area (Å²) in [5, 5.41) is 6.05. The van der Waals surface area contributed by atoms with Crippen LogP contribution in [0.1, 0.15) is 29.9 Å². The van der Waals surface area contributed by atoms with Crippen LogP contribution in [0.3, 0.4) is 0 Å². The summed E-state index contributed by atoms with van der Waals surface area (Å²) in [4.78, 5) is 20.2. The topological polar surface area (TPSA) is 66.9 Å². The van der Waals surface area contributed by atoms with Crippen LogP contribution < -0.4 is 10.6 Å². The molecule has 0 aliphatic heterocycles. The van der Waals surface area contributed by atoms with Gasteiger partial charge in [0.25, 0.3) is 5.91 Å². The number of carbonyl (C=O) groups excluding carboxylic acids is 1. The molecule has 0 aliphatic rings. The molecule has 2 aromatic rings. The lowest BCUT2D eigenvalue weighted by atomic mass is 10.2. The minimum atomic E-state index is -0.188. The van der Waals surface area contributed by atoms with Crippen LogP contribution in [0.15, 0.2) is 35.1 Å². The first-order valence-electron chi connectivity index (χ1n) is 7.09. The highest BCUT2D eigenvalue weighted by Gasteiger charge is 2.09. The Hall–Kier alpha value is -1.95. The summed E-state index contributed by atoms with van der Waals surface area (Å²) >= 11 is 3.43. The Morgan fingerprint density at radius 2 is 2.05 bits per heavy atom. The van der Waals surface area contributed by atoms with Gasteiger partial charge in [0.05, 0.1) is 0 Å². The molecule has 1 heterocycles. The first kappa shape index (κ1) is 16.4. The lowest BCUT2D eigenvalue weighted by molar-refractivity contribution is 0.0944. The van der Waals surface area contributed by atoms with Crippen molar-refractivity contribution in [1.29, 1.82) is 0 Å². The minimum absolute atomic E-state index is 0.188. The molecule has 0 unspecified atom stereocenters. The second-order valence-electron chi connectivity index (χ2n) is 5.48. The number of halogens is 1. The summed E-state index contributed by atoms with van der Waals surface area (Å²) in [6, 6.07) is 7.57. The molecule has 1 aromatic carbocycles. The summed E-state index contributed by atoms with van der Waals surface area (Å²) in [6.07, 6.45) is 1.39. The SMILES string of the molecule is Cc1cc(Br)ccc1Nc1cc(C(=O)NCC(C)C)ncn1. The third-order valence-electron chi connectivity index (χ3n) is 3.02. The fourth-order valence-corrected chi connectivity index (χ4v) is 2.32. The average molecular weight is 363 g/mol. The van der Waals surface area contributed by atoms with E-state index in [-0.39, 0.29) is 5.91 Å². The van der Waals surface area contributed by atoms with E-state index in [0.717, 1.165) is 15.7 Å². The Balaban J connectivity index is 2.12. The van der Waals surface area contributed by atoms with Gasteiger partial charge in [0, 0.05) is 22.8 Å². The van der Waals surface area contributed by atoms with E-state index in [1.165, 1.54) is 6.33 Å². The van der Waals surface area contributed by atoms with Crippen molar-refractivity contribution in [1.82, 2.24) is 15.3 Å². The van der Waals surface area contributed by atoms with E-state index in [1.807, 2.05) is 39.0 Å². The van der Waals surface area contributed by atoms with Crippen LogP contribution in [0.5, 0.6) is 0 Å². The first-order valence-corrected chi connectivity index (χ1v) is 7.88. The van der Waals surface area contributed by atoms with Crippen LogP contribution in [0.4, 0.5) is 11.5 Å². The molecule has 1 amide bonds. The number of hydrogen-bond donors (Lipinski definition) is 2. The molecule has 0 saturated carbocycles. The lowest BCUT2D eigenvalue weighted by Crippen LogP contribution is -2.28. The summed E-state index contributed by atoms with van der Waals surface area (Å²) < 4.78 is 1.02. The molecule has 0 aliphatic carbocycles. The highest BCUT2D eigenvalue weighted by molar-refractivity contribution is 9.10. The Morgan fingerprint density at radius 3 is 2.73 bits per heavy atom. The summed E-state index contributed by atoms with van der Waals surface area (Å²) in [7, 11) is 0. The van der Waals surface area contributed by atoms with Crippen LogP contribution in [0, 0.1) is 12.8 Å². The number of benzene rings is 1. The van der Waals surface area contributed by atoms with Crippen LogP contribution in [0.2, 0.25) is 0 Å². The number of anilines is 2. The van der Waals surface area contributed by atoms with Crippen molar-refractivity contribution in [2.24, 2.45) is 5.92 Å². The standard InChI is InChI=1S/C16H19BrN4O/c1-10(2)8-18-16(22)14-7-15(20-9-19-14)21-13-5-4-12(17)6-11(13)3/h4-7,9-10H,8H2,1-3H3,(H,18,22)(H,19,20,21). The second kappa shape index (κ2) is 7.35. The van der Waals surface area contributed by atoms with E-state index in [0.29, 0.717) is 24.0 Å². The predicted molar refractivity (Wildman–Crippen MR) is 91.4 cm³/mol. The van der Waals surface area contributed by atoms with E-state index in [1.54, 1.807) is 6.07 Å². The number of aromatic nitrogens is 2. The zero-order chi connectivity index (χ0) is 16.1. The second-order valence-corrected chi connectivity index (χ2v) is 6.39. The molecular weight excluding hydrogens is 344 g/mol. The van der Waals surface area contributed by atoms with Crippen molar-refractivity contribution in [2.75, 3.05) is 11.9 Å². The number of nitrogens with one attached hydrogen (secondary N) is 2. The van der Waals surface area contributed by atoms with E-state index >= 15 is 0 Å². The largest absolute Gasteiger partial charge is 0.350 e. The Bertz CT molecular complexity index is 673. The van der Waals surface area contributed by atoms with Crippen LogP contribution >= 0.6 is 15.9 Å². The van der Waals surface area contributed by atoms with Gasteiger partial charge in [-0.05, 0) is 36.6 Å². The third kappa shape index (κ3) is 4.53. The summed E-state index contributed by atoms with van der Waals surface area (Å²) in [6.45, 7) is 6.72. The number of aryl methyl sites for hydroxylation is 1. The van der Waals surface area contributed by atoms with E-state index in [2.05, 4.69) is 36.5 Å². The van der Waals surface area contributed by atoms with Crippen molar-refractivity contribution >= 4 is 33.3 Å². The molecule has 1 aromatic heterocycles. The van der Waals surface area contributed by atoms with Crippen LogP contribution in [-0.2, 0) is 0 Å². The number of amides is 1. The molecule has 6 heteroatoms. The number of carbonyl (C=O) groups is 1. The number of nitrogens with zero attached hydrogens (tertiary/aromatic N) is 2. The summed E-state index contributed by atoms with van der Waals surface area (Å²) in [5.41, 5.74) is 2.38. The summed E-state index contributed by atoms with van der Waals surface area (Å²) in [5.74, 6) is 0.801. The van der Waals surface area contributed by atoms with Crippen molar-refractivity contribution in [3.05, 3.63) is 46.3 Å². The zero-order valence-corrected chi connectivity index (χ0v) is 14.4. The third-order valence-corrected chi connectivity index (χ3v) is 3.52. The van der Waals surface area contributed by atoms with Gasteiger partial charge in [0.15, 0.2) is 0 Å². The van der Waals surface area contributed by atoms with Crippen LogP contribution in [-0.4, -0.2) is 22.4 Å². The van der Waals surface area contributed by atoms with Crippen molar-refractivity contribution in [3.8, 4) is 0 Å². The Morgan fingerprint density at radius 1 is 1.27 bits per heavy atom. The number of rotatable bonds is 5. The van der Waals surface area contributed by atoms with E-state index < -0.39 is 0 Å². The molecule has 116 valence electrons. The van der Waals surface area contributed by atoms with Crippen LogP contribution in [0.25, 0.3) is 0 Å². The van der Waals surface area contributed by atoms with Gasteiger partial charge >= 0.3 is 0 Å². The fourth-order valence-electron chi connectivity index (χ4n) is 1.84. The fraction of sp³-hybridized carbons (Fsp3) is 0.312. The molecule has 0 saturated heterocycles. The minimum Gasteiger partial charge on any atom is -0.350 e. The molecule has 2 N–H and O–H groups in total. The molecule has 0 radical (unpaired) electrons. The molecule has 0 atom stereocenters. The molecule has 22 heavy (non-hydrogen) atoms. The van der Waals surface area contributed by atoms with Gasteiger partial charge in [0.1, 0.15) is 17.8 Å². The molecule has 5 nitrogen and oxygen atoms in total. The highest BCUT2D eigenvalue weighted by Crippen LogP contribution is 2.22. The van der Waals surface area contributed by atoms with Gasteiger partial charge in [-0.25, -0.2) is 9.97 Å². The molecule has 0 spiro atoms. The molecule has 2 rings (SSSR count). The van der Waals surface area contributed by atoms with Gasteiger partial charge in [-0.3, -0.25) is 4.79 Å². The maximum absolute atomic E-state index is 12.0. The monoisotopic (exact) mass is 362 g/mol. The van der Waals surface area contributed by atoms with E-state index in [4.69, 9.17) is 0 Å². The average Bonchev–Trinajstić information content (AvgIpc) is 2.48. The maximum Gasteiger partial charge on any atom is 0.270 e. The molecule has 0 fully saturated rings. The van der Waals surface area contributed by atoms with Gasteiger partial charge in [-0.2, -0.15) is 0 Å². The smallest absolute Gasteiger partial charge is 0.270 e. The lowest BCUT2D eigenvalue weighted by Gasteiger charge is -2.10. The Kier molecular flexibility index (Phi) is 5.49. The van der Waals surface area contributed by atoms with Gasteiger partial charge < -0.3 is 10.6 Å². The van der Waals surface area contributed by atoms with Gasteiger partial charge in [0.2, 0.25) is 0 Å². The quantitative estimate of drug-likeness (QED) is 0.851. The van der Waals surface area contributed by atoms with Crippen molar-refractivity contribution in [2.45, 2.75) is 20.8 Å². The molecule has 0 bridgehead atoms. The molecular formula is C16H19BrN4O. The zero-order valence-electron chi connectivity index (χ0n) is 12.9.